The Balaban J connectivity index is 2.02. The molecule has 2 aromatic rings. The summed E-state index contributed by atoms with van der Waals surface area (Å²) >= 11 is 0. The maximum absolute atomic E-state index is 13.4. The van der Waals surface area contributed by atoms with Gasteiger partial charge in [0.15, 0.2) is 5.03 Å². The summed E-state index contributed by atoms with van der Waals surface area (Å²) in [6.07, 6.45) is 0.0599. The van der Waals surface area contributed by atoms with Crippen LogP contribution in [0.5, 0.6) is 0 Å². The lowest BCUT2D eigenvalue weighted by Crippen LogP contribution is -2.56. The van der Waals surface area contributed by atoms with Crippen molar-refractivity contribution < 1.29 is 38.8 Å². The maximum atomic E-state index is 13.4. The number of carboxylic acids is 1. The van der Waals surface area contributed by atoms with Crippen LogP contribution in [0.1, 0.15) is 44.2 Å². The van der Waals surface area contributed by atoms with Gasteiger partial charge in [-0.3, -0.25) is 19.2 Å². The van der Waals surface area contributed by atoms with Gasteiger partial charge in [-0.2, -0.15) is 0 Å². The number of carbonyl (C=O) groups excluding carboxylic acids is 4. The number of nitrogens with one attached hydrogen (secondary N) is 5. The molecule has 0 unspecified atom stereocenters. The third-order valence-corrected chi connectivity index (χ3v) is 7.33. The number of esters is 1. The molecule has 0 radical (unpaired) electrons. The van der Waals surface area contributed by atoms with Crippen LogP contribution in [0.25, 0.3) is 0 Å². The van der Waals surface area contributed by atoms with Crippen LogP contribution in [-0.4, -0.2) is 89.6 Å². The lowest BCUT2D eigenvalue weighted by atomic mass is 10.0. The topological polar surface area (TPSA) is 282 Å². The minimum absolute atomic E-state index is 0.00220. The van der Waals surface area contributed by atoms with Gasteiger partial charge in [0, 0.05) is 19.1 Å². The average Bonchev–Trinajstić information content (AvgIpc) is 3.07. The molecule has 0 aliphatic heterocycles. The average molecular weight is 714 g/mol. The number of nitrogens with zero attached hydrogens (tertiary/aromatic N) is 2. The van der Waals surface area contributed by atoms with E-state index in [0.29, 0.717) is 18.5 Å². The first-order valence-electron chi connectivity index (χ1n) is 16.3. The van der Waals surface area contributed by atoms with Gasteiger partial charge in [-0.1, -0.05) is 79.9 Å². The van der Waals surface area contributed by atoms with Crippen molar-refractivity contribution in [3.05, 3.63) is 81.9 Å². The smallest absolute Gasteiger partial charge is 0.326 e. The van der Waals surface area contributed by atoms with Crippen molar-refractivity contribution in [2.75, 3.05) is 19.6 Å². The first-order valence-corrected chi connectivity index (χ1v) is 16.3. The Labute approximate surface area is 295 Å². The number of hydrogen-bond donors (Lipinski definition) is 8. The summed E-state index contributed by atoms with van der Waals surface area (Å²) in [5, 5.41) is 29.6. The molecule has 0 bridgehead atoms. The van der Waals surface area contributed by atoms with Crippen molar-refractivity contribution in [2.24, 2.45) is 22.4 Å². The van der Waals surface area contributed by atoms with Gasteiger partial charge in [-0.25, -0.2) is 19.9 Å². The molecule has 3 amide bonds. The highest BCUT2D eigenvalue weighted by Crippen LogP contribution is 2.08. The fourth-order valence-electron chi connectivity index (χ4n) is 4.75. The van der Waals surface area contributed by atoms with E-state index >= 15 is 0 Å². The summed E-state index contributed by atoms with van der Waals surface area (Å²) in [6.45, 7) is 3.13. The molecule has 0 aromatic heterocycles. The largest absolute Gasteiger partial charge is 0.480 e. The number of carbonyl (C=O) groups is 5. The fourth-order valence-corrected chi connectivity index (χ4v) is 4.75. The zero-order chi connectivity index (χ0) is 37.8. The van der Waals surface area contributed by atoms with Gasteiger partial charge in [0.25, 0.3) is 5.96 Å². The van der Waals surface area contributed by atoms with E-state index < -0.39 is 71.7 Å². The number of aliphatic imine (C=N–C) groups is 1. The number of benzene rings is 2. The van der Waals surface area contributed by atoms with E-state index in [9.17, 15) is 39.2 Å². The number of rotatable bonds is 22. The lowest BCUT2D eigenvalue weighted by Gasteiger charge is -2.26. The van der Waals surface area contributed by atoms with E-state index in [4.69, 9.17) is 16.2 Å². The summed E-state index contributed by atoms with van der Waals surface area (Å²) in [7, 11) is 0. The van der Waals surface area contributed by atoms with Crippen LogP contribution < -0.4 is 38.2 Å². The first-order chi connectivity index (χ1) is 24.2. The number of amides is 3. The van der Waals surface area contributed by atoms with Crippen molar-refractivity contribution in [3.63, 3.8) is 0 Å². The SMILES string of the molecule is CC(C)[C@H](NC[C@H](N)Cc1ccccc1)C(=O)N[C@@H](CCCN=C(N)N[N+](=O)[O-])C(=O)NCC(=O)N[C@@H](CC(=O)OCc1ccccc1)C(=O)O. The van der Waals surface area contributed by atoms with Crippen LogP contribution in [0.3, 0.4) is 0 Å². The summed E-state index contributed by atoms with van der Waals surface area (Å²) in [4.78, 5) is 77.6. The van der Waals surface area contributed by atoms with Gasteiger partial charge < -0.3 is 42.6 Å². The molecule has 2 aromatic carbocycles. The van der Waals surface area contributed by atoms with E-state index in [1.165, 1.54) is 0 Å². The molecule has 10 N–H and O–H groups in total. The van der Waals surface area contributed by atoms with Gasteiger partial charge in [-0.15, -0.1) is 0 Å². The number of guanidine groups is 1. The van der Waals surface area contributed by atoms with Crippen LogP contribution in [0.4, 0.5) is 0 Å². The van der Waals surface area contributed by atoms with Crippen molar-refractivity contribution >= 4 is 35.6 Å². The molecule has 0 saturated carbocycles. The molecule has 2 rings (SSSR count). The first kappa shape index (κ1) is 41.6. The number of hydrazine groups is 1. The lowest BCUT2D eigenvalue weighted by molar-refractivity contribution is -0.525. The van der Waals surface area contributed by atoms with Crippen molar-refractivity contribution in [1.82, 2.24) is 26.7 Å². The van der Waals surface area contributed by atoms with Crippen LogP contribution in [0, 0.1) is 16.0 Å². The van der Waals surface area contributed by atoms with E-state index in [2.05, 4.69) is 26.3 Å². The van der Waals surface area contributed by atoms with Crippen LogP contribution in [-0.2, 0) is 41.7 Å². The molecule has 4 atom stereocenters. The summed E-state index contributed by atoms with van der Waals surface area (Å²) < 4.78 is 5.10. The van der Waals surface area contributed by atoms with Gasteiger partial charge >= 0.3 is 11.9 Å². The molecule has 51 heavy (non-hydrogen) atoms. The molecule has 0 saturated heterocycles. The van der Waals surface area contributed by atoms with Gasteiger partial charge in [0.2, 0.25) is 17.7 Å². The van der Waals surface area contributed by atoms with Crippen LogP contribution >= 0.6 is 0 Å². The standard InChI is InChI=1S/C33H47N9O9/c1-21(2)29(37-18-24(34)16-22-10-5-3-6-11-22)31(46)40-25(14-9-15-36-33(35)41-42(49)50)30(45)38-19-27(43)39-26(32(47)48)17-28(44)51-20-23-12-7-4-8-13-23/h3-8,10-13,21,24-26,29,37H,9,14-20,34H2,1-2H3,(H,38,45)(H,39,43)(H,40,46)(H,47,48)(H3,35,36,41)/t24-,25+,26+,29+/m1/s1. The van der Waals surface area contributed by atoms with Crippen LogP contribution in [0.2, 0.25) is 0 Å². The molecule has 18 heteroatoms. The summed E-state index contributed by atoms with van der Waals surface area (Å²) in [6, 6.07) is 14.5. The van der Waals surface area contributed by atoms with E-state index in [1.807, 2.05) is 44.2 Å². The van der Waals surface area contributed by atoms with E-state index in [-0.39, 0.29) is 38.0 Å². The minimum Gasteiger partial charge on any atom is -0.480 e. The predicted octanol–water partition coefficient (Wildman–Crippen LogP) is -0.649. The quantitative estimate of drug-likeness (QED) is 0.0188. The highest BCUT2D eigenvalue weighted by atomic mass is 16.7. The molecule has 0 aliphatic carbocycles. The summed E-state index contributed by atoms with van der Waals surface area (Å²) in [5.41, 5.74) is 15.2. The summed E-state index contributed by atoms with van der Waals surface area (Å²) in [5.74, 6) is -5.20. The third-order valence-electron chi connectivity index (χ3n) is 7.33. The Morgan fingerprint density at radius 3 is 2.16 bits per heavy atom. The Morgan fingerprint density at radius 1 is 0.941 bits per heavy atom. The van der Waals surface area contributed by atoms with Gasteiger partial charge in [0.05, 0.1) is 19.0 Å². The van der Waals surface area contributed by atoms with Crippen molar-refractivity contribution in [3.8, 4) is 0 Å². The van der Waals surface area contributed by atoms with E-state index in [1.54, 1.807) is 35.8 Å². The second-order valence-electron chi connectivity index (χ2n) is 11.9. The normalized spacial score (nSPS) is 13.6. The molecular weight excluding hydrogens is 666 g/mol. The second kappa shape index (κ2) is 22.2. The Kier molecular flexibility index (Phi) is 18.1. The number of carboxylic acid groups (broad SMARTS) is 1. The Morgan fingerprint density at radius 2 is 1.57 bits per heavy atom. The number of ether oxygens (including phenoxy) is 1. The number of aliphatic carboxylic acids is 1. The van der Waals surface area contributed by atoms with Gasteiger partial charge in [-0.05, 0) is 36.3 Å². The van der Waals surface area contributed by atoms with Gasteiger partial charge in [0.1, 0.15) is 18.7 Å². The van der Waals surface area contributed by atoms with Crippen LogP contribution in [0.15, 0.2) is 65.7 Å². The maximum Gasteiger partial charge on any atom is 0.326 e. The van der Waals surface area contributed by atoms with Crippen molar-refractivity contribution in [2.45, 2.75) is 70.3 Å². The number of hydrogen-bond acceptors (Lipinski definition) is 11. The minimum atomic E-state index is -1.63. The Hall–Kier alpha value is -5.62. The molecule has 0 spiro atoms. The highest BCUT2D eigenvalue weighted by Gasteiger charge is 2.29. The zero-order valence-electron chi connectivity index (χ0n) is 28.6. The molecular formula is C33H47N9O9. The number of nitro groups is 1. The number of nitrogens with two attached hydrogens (primary N) is 2. The third kappa shape index (κ3) is 17.0. The Bertz CT molecular complexity index is 1480. The van der Waals surface area contributed by atoms with Crippen molar-refractivity contribution in [1.29, 1.82) is 0 Å². The molecule has 0 aliphatic rings. The molecule has 0 heterocycles. The molecule has 0 fully saturated rings. The monoisotopic (exact) mass is 713 g/mol. The molecule has 18 nitrogen and oxygen atoms in total. The molecule has 278 valence electrons. The highest BCUT2D eigenvalue weighted by molar-refractivity contribution is 5.93. The zero-order valence-corrected chi connectivity index (χ0v) is 28.6. The second-order valence-corrected chi connectivity index (χ2v) is 11.9. The fraction of sp³-hybridized carbons (Fsp3) is 0.455. The van der Waals surface area contributed by atoms with E-state index in [0.717, 1.165) is 5.56 Å². The predicted molar refractivity (Wildman–Crippen MR) is 186 cm³/mol.